The molecule has 0 aromatic rings. The van der Waals surface area contributed by atoms with Crippen LogP contribution < -0.4 is 0 Å². The Balaban J connectivity index is 1.59. The smallest absolute Gasteiger partial charge is 0.310 e. The van der Waals surface area contributed by atoms with E-state index < -0.39 is 22.8 Å². The normalized spacial score (nSPS) is 56.6. The largest absolute Gasteiger partial charge is 0.481 e. The molecular weight excluding hydrogens is 352 g/mol. The molecule has 0 aliphatic heterocycles. The van der Waals surface area contributed by atoms with Gasteiger partial charge in [0.1, 0.15) is 0 Å². The number of hydrogen-bond acceptors (Lipinski definition) is 2. The van der Waals surface area contributed by atoms with E-state index in [9.17, 15) is 19.8 Å². The second kappa shape index (κ2) is 5.43. The van der Waals surface area contributed by atoms with Gasteiger partial charge in [-0.3, -0.25) is 9.59 Å². The quantitative estimate of drug-likeness (QED) is 0.670. The van der Waals surface area contributed by atoms with Gasteiger partial charge in [-0.2, -0.15) is 0 Å². The molecule has 5 aliphatic rings. The molecule has 0 aromatic heterocycles. The summed E-state index contributed by atoms with van der Waals surface area (Å²) in [5.74, 6) is 0.352. The molecule has 0 spiro atoms. The Kier molecular flexibility index (Phi) is 3.62. The highest BCUT2D eigenvalue weighted by Gasteiger charge is 2.79. The molecule has 5 rings (SSSR count). The van der Waals surface area contributed by atoms with Crippen LogP contribution in [0.15, 0.2) is 12.7 Å². The van der Waals surface area contributed by atoms with Crippen molar-refractivity contribution in [3.8, 4) is 0 Å². The summed E-state index contributed by atoms with van der Waals surface area (Å²) < 4.78 is 0. The SMILES string of the molecule is C=CC12CC[C@H]3C(C)(C(=O)O)CCCC3(C)C1CC1C2C2CCCC21C(=O)O. The molecule has 9 atom stereocenters. The summed E-state index contributed by atoms with van der Waals surface area (Å²) in [4.78, 5) is 24.6. The third-order valence-electron chi connectivity index (χ3n) is 11.0. The first kappa shape index (κ1) is 18.7. The van der Waals surface area contributed by atoms with Crippen LogP contribution in [-0.4, -0.2) is 22.2 Å². The lowest BCUT2D eigenvalue weighted by atomic mass is 9.40. The molecule has 0 heterocycles. The molecule has 5 saturated carbocycles. The van der Waals surface area contributed by atoms with Crippen LogP contribution in [0.2, 0.25) is 0 Å². The van der Waals surface area contributed by atoms with E-state index in [-0.39, 0.29) is 22.7 Å². The standard InChI is InChI=1S/C24H34O4/c1-4-23-12-8-16-21(2,9-6-10-22(16,3)19(25)26)17(23)13-15-18(23)14-7-5-11-24(14,15)20(27)28/h4,14-18H,1,5-13H2,2-3H3,(H,25,26)(H,27,28)/t14?,15?,16-,17?,18?,21?,22?,23?,24?/m1/s1. The highest BCUT2D eigenvalue weighted by Crippen LogP contribution is 2.81. The molecule has 5 fully saturated rings. The van der Waals surface area contributed by atoms with Crippen molar-refractivity contribution in [1.82, 2.24) is 0 Å². The van der Waals surface area contributed by atoms with Crippen molar-refractivity contribution in [2.45, 2.75) is 71.6 Å². The molecule has 0 amide bonds. The number of rotatable bonds is 3. The fourth-order valence-corrected chi connectivity index (χ4v) is 9.97. The Bertz CT molecular complexity index is 760. The van der Waals surface area contributed by atoms with Crippen LogP contribution in [0, 0.1) is 51.2 Å². The van der Waals surface area contributed by atoms with Gasteiger partial charge in [0.25, 0.3) is 0 Å². The summed E-state index contributed by atoms with van der Waals surface area (Å²) in [6.45, 7) is 8.60. The molecular formula is C24H34O4. The van der Waals surface area contributed by atoms with Crippen LogP contribution in [0.5, 0.6) is 0 Å². The second-order valence-corrected chi connectivity index (χ2v) is 11.3. The third kappa shape index (κ3) is 1.76. The van der Waals surface area contributed by atoms with Gasteiger partial charge in [0, 0.05) is 0 Å². The summed E-state index contributed by atoms with van der Waals surface area (Å²) in [5.41, 5.74) is -1.17. The van der Waals surface area contributed by atoms with Gasteiger partial charge in [0.05, 0.1) is 10.8 Å². The van der Waals surface area contributed by atoms with Gasteiger partial charge in [-0.15, -0.1) is 6.58 Å². The fourth-order valence-electron chi connectivity index (χ4n) is 9.97. The van der Waals surface area contributed by atoms with Crippen molar-refractivity contribution in [2.24, 2.45) is 51.2 Å². The topological polar surface area (TPSA) is 74.6 Å². The van der Waals surface area contributed by atoms with Crippen molar-refractivity contribution >= 4 is 11.9 Å². The predicted octanol–water partition coefficient (Wildman–Crippen LogP) is 4.99. The minimum absolute atomic E-state index is 0.0145. The first-order valence-corrected chi connectivity index (χ1v) is 11.3. The molecule has 0 bridgehead atoms. The van der Waals surface area contributed by atoms with Gasteiger partial charge in [-0.1, -0.05) is 25.8 Å². The summed E-state index contributed by atoms with van der Waals surface area (Å²) in [6.07, 6.45) is 10.8. The van der Waals surface area contributed by atoms with Gasteiger partial charge in [-0.25, -0.2) is 0 Å². The Labute approximate surface area is 167 Å². The first-order valence-electron chi connectivity index (χ1n) is 11.3. The number of carboxylic acids is 2. The van der Waals surface area contributed by atoms with Crippen molar-refractivity contribution in [1.29, 1.82) is 0 Å². The number of aliphatic carboxylic acids is 2. The number of carbonyl (C=O) groups is 2. The Morgan fingerprint density at radius 2 is 1.68 bits per heavy atom. The fraction of sp³-hybridized carbons (Fsp3) is 0.833. The molecule has 0 radical (unpaired) electrons. The van der Waals surface area contributed by atoms with E-state index in [1.54, 1.807) is 0 Å². The van der Waals surface area contributed by atoms with Gasteiger partial charge in [0.2, 0.25) is 0 Å². The van der Waals surface area contributed by atoms with Crippen LogP contribution in [0.3, 0.4) is 0 Å². The zero-order valence-electron chi connectivity index (χ0n) is 17.2. The average Bonchev–Trinajstić information content (AvgIpc) is 3.14. The molecule has 0 saturated heterocycles. The minimum Gasteiger partial charge on any atom is -0.481 e. The van der Waals surface area contributed by atoms with Gasteiger partial charge >= 0.3 is 11.9 Å². The van der Waals surface area contributed by atoms with Crippen molar-refractivity contribution in [3.05, 3.63) is 12.7 Å². The summed E-state index contributed by atoms with van der Waals surface area (Å²) in [5, 5.41) is 20.3. The molecule has 5 aliphatic carbocycles. The number of carboxylic acid groups (broad SMARTS) is 2. The van der Waals surface area contributed by atoms with E-state index in [4.69, 9.17) is 0 Å². The molecule has 8 unspecified atom stereocenters. The van der Waals surface area contributed by atoms with E-state index >= 15 is 0 Å². The molecule has 0 aromatic carbocycles. The highest BCUT2D eigenvalue weighted by molar-refractivity contribution is 5.78. The Morgan fingerprint density at radius 3 is 2.32 bits per heavy atom. The van der Waals surface area contributed by atoms with Gasteiger partial charge in [-0.05, 0) is 92.3 Å². The maximum atomic E-state index is 12.4. The van der Waals surface area contributed by atoms with Crippen LogP contribution in [0.4, 0.5) is 0 Å². The number of hydrogen-bond donors (Lipinski definition) is 2. The van der Waals surface area contributed by atoms with E-state index in [1.807, 2.05) is 6.92 Å². The van der Waals surface area contributed by atoms with Gasteiger partial charge < -0.3 is 10.2 Å². The molecule has 4 nitrogen and oxygen atoms in total. The monoisotopic (exact) mass is 386 g/mol. The van der Waals surface area contributed by atoms with Crippen LogP contribution in [-0.2, 0) is 9.59 Å². The predicted molar refractivity (Wildman–Crippen MR) is 106 cm³/mol. The van der Waals surface area contributed by atoms with Crippen molar-refractivity contribution < 1.29 is 19.8 Å². The van der Waals surface area contributed by atoms with E-state index in [1.165, 1.54) is 0 Å². The number of fused-ring (bicyclic) bond motifs is 8. The third-order valence-corrected chi connectivity index (χ3v) is 11.0. The zero-order valence-corrected chi connectivity index (χ0v) is 17.2. The lowest BCUT2D eigenvalue weighted by Gasteiger charge is -2.63. The van der Waals surface area contributed by atoms with Crippen LogP contribution in [0.25, 0.3) is 0 Å². The van der Waals surface area contributed by atoms with Gasteiger partial charge in [0.15, 0.2) is 0 Å². The van der Waals surface area contributed by atoms with E-state index in [0.29, 0.717) is 17.8 Å². The molecule has 28 heavy (non-hydrogen) atoms. The summed E-state index contributed by atoms with van der Waals surface area (Å²) >= 11 is 0. The van der Waals surface area contributed by atoms with Crippen LogP contribution in [0.1, 0.15) is 71.6 Å². The lowest BCUT2D eigenvalue weighted by Crippen LogP contribution is -2.61. The van der Waals surface area contributed by atoms with E-state index in [0.717, 1.165) is 57.8 Å². The highest BCUT2D eigenvalue weighted by atomic mass is 16.4. The average molecular weight is 387 g/mol. The number of allylic oxidation sites excluding steroid dienone is 1. The molecule has 2 N–H and O–H groups in total. The Hall–Kier alpha value is -1.32. The Morgan fingerprint density at radius 1 is 0.929 bits per heavy atom. The summed E-state index contributed by atoms with van der Waals surface area (Å²) in [7, 11) is 0. The summed E-state index contributed by atoms with van der Waals surface area (Å²) in [6, 6.07) is 0. The van der Waals surface area contributed by atoms with E-state index in [2.05, 4.69) is 19.6 Å². The molecule has 154 valence electrons. The van der Waals surface area contributed by atoms with Crippen molar-refractivity contribution in [3.63, 3.8) is 0 Å². The maximum absolute atomic E-state index is 12.4. The minimum atomic E-state index is -0.650. The molecule has 4 heteroatoms. The second-order valence-electron chi connectivity index (χ2n) is 11.3. The lowest BCUT2D eigenvalue weighted by molar-refractivity contribution is -0.190. The van der Waals surface area contributed by atoms with Crippen molar-refractivity contribution in [2.75, 3.05) is 0 Å². The maximum Gasteiger partial charge on any atom is 0.310 e. The zero-order chi connectivity index (χ0) is 20.1. The first-order chi connectivity index (χ1) is 13.2. The van der Waals surface area contributed by atoms with Crippen LogP contribution >= 0.6 is 0 Å².